The summed E-state index contributed by atoms with van der Waals surface area (Å²) in [5.41, 5.74) is 2.72. The average molecular weight is 407 g/mol. The lowest BCUT2D eigenvalue weighted by Gasteiger charge is -2.35. The van der Waals surface area contributed by atoms with Crippen LogP contribution in [0.2, 0.25) is 0 Å². The van der Waals surface area contributed by atoms with Crippen molar-refractivity contribution in [1.29, 1.82) is 0 Å². The molecule has 160 valence electrons. The van der Waals surface area contributed by atoms with E-state index >= 15 is 0 Å². The van der Waals surface area contributed by atoms with Gasteiger partial charge < -0.3 is 4.90 Å². The van der Waals surface area contributed by atoms with Gasteiger partial charge in [-0.2, -0.15) is 0 Å². The van der Waals surface area contributed by atoms with Gasteiger partial charge in [-0.1, -0.05) is 60.7 Å². The molecule has 0 atom stereocenters. The van der Waals surface area contributed by atoms with Gasteiger partial charge >= 0.3 is 0 Å². The molecule has 0 saturated carbocycles. The molecule has 0 aliphatic carbocycles. The van der Waals surface area contributed by atoms with Crippen molar-refractivity contribution in [1.82, 2.24) is 19.6 Å². The molecule has 2 saturated heterocycles. The van der Waals surface area contributed by atoms with Crippen molar-refractivity contribution in [3.8, 4) is 0 Å². The molecular weight excluding hydrogens is 372 g/mol. The van der Waals surface area contributed by atoms with Crippen LogP contribution >= 0.6 is 0 Å². The number of benzene rings is 2. The van der Waals surface area contributed by atoms with Gasteiger partial charge in [-0.3, -0.25) is 19.5 Å². The lowest BCUT2D eigenvalue weighted by atomic mass is 10.2. The maximum absolute atomic E-state index is 12.9. The second kappa shape index (κ2) is 10.7. The van der Waals surface area contributed by atoms with E-state index in [2.05, 4.69) is 80.3 Å². The number of piperazine rings is 1. The smallest absolute Gasteiger partial charge is 0.236 e. The number of hydrogen-bond donors (Lipinski definition) is 0. The molecule has 0 bridgehead atoms. The molecule has 2 aliphatic rings. The second-order valence-corrected chi connectivity index (χ2v) is 8.53. The largest absolute Gasteiger partial charge is 0.340 e. The third-order valence-electron chi connectivity index (χ3n) is 6.26. The third kappa shape index (κ3) is 6.14. The van der Waals surface area contributed by atoms with E-state index in [0.29, 0.717) is 12.5 Å². The van der Waals surface area contributed by atoms with Crippen LogP contribution < -0.4 is 0 Å². The standard InChI is InChI=1S/C25H34N4O/c30-25(22-28-16-14-27(15-17-28)21-24-10-5-2-6-11-24)29-13-7-12-26(18-19-29)20-23-8-3-1-4-9-23/h1-6,8-11H,7,12-22H2. The topological polar surface area (TPSA) is 30.0 Å². The van der Waals surface area contributed by atoms with E-state index in [1.807, 2.05) is 0 Å². The predicted octanol–water partition coefficient (Wildman–Crippen LogP) is 2.54. The van der Waals surface area contributed by atoms with E-state index in [1.165, 1.54) is 11.1 Å². The molecule has 5 heteroatoms. The zero-order valence-corrected chi connectivity index (χ0v) is 18.0. The third-order valence-corrected chi connectivity index (χ3v) is 6.26. The molecule has 4 rings (SSSR count). The number of hydrogen-bond acceptors (Lipinski definition) is 4. The molecule has 2 heterocycles. The zero-order valence-electron chi connectivity index (χ0n) is 18.0. The van der Waals surface area contributed by atoms with Crippen LogP contribution in [-0.2, 0) is 17.9 Å². The monoisotopic (exact) mass is 406 g/mol. The number of amides is 1. The van der Waals surface area contributed by atoms with Crippen molar-refractivity contribution in [3.05, 3.63) is 71.8 Å². The molecule has 2 fully saturated rings. The van der Waals surface area contributed by atoms with Crippen LogP contribution in [0.4, 0.5) is 0 Å². The van der Waals surface area contributed by atoms with Gasteiger partial charge in [0.15, 0.2) is 0 Å². The minimum Gasteiger partial charge on any atom is -0.340 e. The highest BCUT2D eigenvalue weighted by Crippen LogP contribution is 2.11. The van der Waals surface area contributed by atoms with E-state index in [0.717, 1.165) is 71.9 Å². The fourth-order valence-electron chi connectivity index (χ4n) is 4.46. The van der Waals surface area contributed by atoms with Gasteiger partial charge in [0.05, 0.1) is 6.54 Å². The quantitative estimate of drug-likeness (QED) is 0.738. The number of carbonyl (C=O) groups excluding carboxylic acids is 1. The van der Waals surface area contributed by atoms with Crippen LogP contribution in [-0.4, -0.2) is 84.4 Å². The van der Waals surface area contributed by atoms with Gasteiger partial charge in [-0.25, -0.2) is 0 Å². The summed E-state index contributed by atoms with van der Waals surface area (Å²) in [6, 6.07) is 21.3. The molecule has 2 aromatic rings. The van der Waals surface area contributed by atoms with E-state index in [-0.39, 0.29) is 0 Å². The summed E-state index contributed by atoms with van der Waals surface area (Å²) in [6.07, 6.45) is 1.06. The highest BCUT2D eigenvalue weighted by molar-refractivity contribution is 5.78. The molecule has 5 nitrogen and oxygen atoms in total. The zero-order chi connectivity index (χ0) is 20.6. The van der Waals surface area contributed by atoms with Crippen molar-refractivity contribution in [3.63, 3.8) is 0 Å². The first-order chi connectivity index (χ1) is 14.8. The Labute approximate surface area is 180 Å². The normalized spacial score (nSPS) is 19.5. The van der Waals surface area contributed by atoms with E-state index in [1.54, 1.807) is 0 Å². The van der Waals surface area contributed by atoms with E-state index in [4.69, 9.17) is 0 Å². The van der Waals surface area contributed by atoms with E-state index < -0.39 is 0 Å². The molecule has 2 aromatic carbocycles. The first-order valence-electron chi connectivity index (χ1n) is 11.3. The fourth-order valence-corrected chi connectivity index (χ4v) is 4.46. The lowest BCUT2D eigenvalue weighted by molar-refractivity contribution is -0.132. The van der Waals surface area contributed by atoms with Crippen molar-refractivity contribution in [2.24, 2.45) is 0 Å². The van der Waals surface area contributed by atoms with Crippen molar-refractivity contribution in [2.45, 2.75) is 19.5 Å². The Bertz CT molecular complexity index is 774. The summed E-state index contributed by atoms with van der Waals surface area (Å²) in [7, 11) is 0. The van der Waals surface area contributed by atoms with Gasteiger partial charge in [0.1, 0.15) is 0 Å². The van der Waals surface area contributed by atoms with Crippen LogP contribution in [0, 0.1) is 0 Å². The van der Waals surface area contributed by atoms with Gasteiger partial charge in [-0.05, 0) is 17.5 Å². The van der Waals surface area contributed by atoms with Gasteiger partial charge in [0.25, 0.3) is 0 Å². The summed E-state index contributed by atoms with van der Waals surface area (Å²) in [5, 5.41) is 0. The predicted molar refractivity (Wildman–Crippen MR) is 121 cm³/mol. The molecule has 0 aromatic heterocycles. The maximum Gasteiger partial charge on any atom is 0.236 e. The number of carbonyl (C=O) groups is 1. The molecule has 0 N–H and O–H groups in total. The van der Waals surface area contributed by atoms with Crippen LogP contribution in [0.15, 0.2) is 60.7 Å². The lowest BCUT2D eigenvalue weighted by Crippen LogP contribution is -2.50. The van der Waals surface area contributed by atoms with Crippen LogP contribution in [0.25, 0.3) is 0 Å². The molecule has 2 aliphatic heterocycles. The summed E-state index contributed by atoms with van der Waals surface area (Å²) in [5.74, 6) is 0.299. The van der Waals surface area contributed by atoms with Crippen LogP contribution in [0.1, 0.15) is 17.5 Å². The van der Waals surface area contributed by atoms with Crippen LogP contribution in [0.5, 0.6) is 0 Å². The fraction of sp³-hybridized carbons (Fsp3) is 0.480. The minimum atomic E-state index is 0.299. The second-order valence-electron chi connectivity index (χ2n) is 8.53. The molecule has 0 radical (unpaired) electrons. The van der Waals surface area contributed by atoms with Gasteiger partial charge in [0.2, 0.25) is 5.91 Å². The number of nitrogens with zero attached hydrogens (tertiary/aromatic N) is 4. The Hall–Kier alpha value is -2.21. The summed E-state index contributed by atoms with van der Waals surface area (Å²) >= 11 is 0. The van der Waals surface area contributed by atoms with Crippen LogP contribution in [0.3, 0.4) is 0 Å². The minimum absolute atomic E-state index is 0.299. The Morgan fingerprint density at radius 3 is 1.70 bits per heavy atom. The van der Waals surface area contributed by atoms with Gasteiger partial charge in [-0.15, -0.1) is 0 Å². The van der Waals surface area contributed by atoms with Crippen molar-refractivity contribution < 1.29 is 4.79 Å². The first kappa shape index (κ1) is 21.0. The molecule has 0 unspecified atom stereocenters. The van der Waals surface area contributed by atoms with Crippen molar-refractivity contribution >= 4 is 5.91 Å². The number of rotatable bonds is 6. The Balaban J connectivity index is 1.19. The Kier molecular flexibility index (Phi) is 7.51. The molecule has 1 amide bonds. The highest BCUT2D eigenvalue weighted by Gasteiger charge is 2.23. The summed E-state index contributed by atoms with van der Waals surface area (Å²) in [6.45, 7) is 10.3. The summed E-state index contributed by atoms with van der Waals surface area (Å²) in [4.78, 5) is 22.3. The maximum atomic E-state index is 12.9. The Morgan fingerprint density at radius 2 is 1.10 bits per heavy atom. The average Bonchev–Trinajstić information content (AvgIpc) is 3.02. The van der Waals surface area contributed by atoms with Gasteiger partial charge in [0, 0.05) is 65.4 Å². The summed E-state index contributed by atoms with van der Waals surface area (Å²) < 4.78 is 0. The highest BCUT2D eigenvalue weighted by atomic mass is 16.2. The molecular formula is C25H34N4O. The SMILES string of the molecule is O=C(CN1CCN(Cc2ccccc2)CC1)N1CCCN(Cc2ccccc2)CC1. The van der Waals surface area contributed by atoms with Crippen molar-refractivity contribution in [2.75, 3.05) is 58.9 Å². The Morgan fingerprint density at radius 1 is 0.600 bits per heavy atom. The first-order valence-corrected chi connectivity index (χ1v) is 11.3. The molecule has 30 heavy (non-hydrogen) atoms. The molecule has 0 spiro atoms. The van der Waals surface area contributed by atoms with E-state index in [9.17, 15) is 4.79 Å².